The van der Waals surface area contributed by atoms with Crippen molar-refractivity contribution in [2.24, 2.45) is 5.92 Å². The van der Waals surface area contributed by atoms with E-state index in [0.717, 1.165) is 0 Å². The van der Waals surface area contributed by atoms with Gasteiger partial charge in [-0.05, 0) is 25.0 Å². The highest BCUT2D eigenvalue weighted by Crippen LogP contribution is 2.20. The Morgan fingerprint density at radius 3 is 2.17 bits per heavy atom. The van der Waals surface area contributed by atoms with E-state index in [1.54, 1.807) is 35.2 Å². The number of carboxylic acid groups (broad SMARTS) is 1. The molecule has 0 saturated carbocycles. The van der Waals surface area contributed by atoms with Crippen molar-refractivity contribution >= 4 is 21.9 Å². The summed E-state index contributed by atoms with van der Waals surface area (Å²) in [7, 11) is -3.57. The van der Waals surface area contributed by atoms with Gasteiger partial charge in [0.25, 0.3) is 5.91 Å². The van der Waals surface area contributed by atoms with Crippen molar-refractivity contribution in [1.82, 2.24) is 14.1 Å². The minimum atomic E-state index is -3.57. The van der Waals surface area contributed by atoms with Gasteiger partial charge in [0.1, 0.15) is 11.6 Å². The largest absolute Gasteiger partial charge is 0.481 e. The molecule has 1 N–H and O–H groups in total. The molecule has 1 amide bonds. The average molecular weight is 433 g/mol. The molecule has 2 fully saturated rings. The molecular formula is C20H24N4O5S. The third kappa shape index (κ3) is 4.80. The quantitative estimate of drug-likeness (QED) is 0.537. The lowest BCUT2D eigenvalue weighted by Crippen LogP contribution is -2.47. The first kappa shape index (κ1) is 21.8. The lowest BCUT2D eigenvalue weighted by molar-refractivity contribution is -0.145. The summed E-state index contributed by atoms with van der Waals surface area (Å²) in [5.74, 6) is -1.73. The van der Waals surface area contributed by atoms with E-state index in [9.17, 15) is 23.3 Å². The number of benzene rings is 1. The molecule has 0 bridgehead atoms. The fourth-order valence-corrected chi connectivity index (χ4v) is 5.07. The number of nitriles is 1. The number of rotatable bonds is 5. The molecule has 2 heterocycles. The monoisotopic (exact) mass is 432 g/mol. The van der Waals surface area contributed by atoms with Gasteiger partial charge in [0.05, 0.1) is 10.8 Å². The highest BCUT2D eigenvalue weighted by Gasteiger charge is 2.30. The van der Waals surface area contributed by atoms with Crippen molar-refractivity contribution in [3.8, 4) is 6.07 Å². The van der Waals surface area contributed by atoms with Crippen molar-refractivity contribution in [3.63, 3.8) is 0 Å². The van der Waals surface area contributed by atoms with E-state index >= 15 is 0 Å². The zero-order valence-corrected chi connectivity index (χ0v) is 17.3. The van der Waals surface area contributed by atoms with Crippen molar-refractivity contribution in [2.75, 3.05) is 39.3 Å². The Morgan fingerprint density at radius 2 is 1.63 bits per heavy atom. The Kier molecular flexibility index (Phi) is 6.74. The normalized spacial score (nSPS) is 19.4. The van der Waals surface area contributed by atoms with Crippen LogP contribution in [-0.2, 0) is 19.6 Å². The minimum absolute atomic E-state index is 0.0249. The molecule has 0 radical (unpaired) electrons. The van der Waals surface area contributed by atoms with E-state index in [1.165, 1.54) is 15.4 Å². The van der Waals surface area contributed by atoms with E-state index in [0.29, 0.717) is 39.0 Å². The summed E-state index contributed by atoms with van der Waals surface area (Å²) in [6.45, 7) is 1.85. The molecule has 0 aliphatic carbocycles. The van der Waals surface area contributed by atoms with Gasteiger partial charge in [-0.15, -0.1) is 0 Å². The highest BCUT2D eigenvalue weighted by atomic mass is 32.2. The number of hydrogen-bond acceptors (Lipinski definition) is 6. The van der Waals surface area contributed by atoms with Gasteiger partial charge >= 0.3 is 5.97 Å². The topological polar surface area (TPSA) is 122 Å². The first-order valence-electron chi connectivity index (χ1n) is 9.76. The van der Waals surface area contributed by atoms with Crippen LogP contribution in [0.5, 0.6) is 0 Å². The third-order valence-electron chi connectivity index (χ3n) is 5.45. The Morgan fingerprint density at radius 1 is 1.03 bits per heavy atom. The second kappa shape index (κ2) is 9.28. The van der Waals surface area contributed by atoms with Crippen LogP contribution in [0.3, 0.4) is 0 Å². The minimum Gasteiger partial charge on any atom is -0.481 e. The van der Waals surface area contributed by atoms with E-state index in [1.807, 2.05) is 6.07 Å². The summed E-state index contributed by atoms with van der Waals surface area (Å²) < 4.78 is 26.8. The number of aliphatic carboxylic acids is 1. The second-order valence-corrected chi connectivity index (χ2v) is 9.25. The van der Waals surface area contributed by atoms with Crippen LogP contribution >= 0.6 is 0 Å². The van der Waals surface area contributed by atoms with Gasteiger partial charge in [-0.25, -0.2) is 8.42 Å². The molecule has 0 atom stereocenters. The number of sulfonamides is 1. The van der Waals surface area contributed by atoms with Crippen LogP contribution in [0.15, 0.2) is 47.0 Å². The summed E-state index contributed by atoms with van der Waals surface area (Å²) in [4.78, 5) is 27.2. The van der Waals surface area contributed by atoms with E-state index in [2.05, 4.69) is 0 Å². The molecule has 10 heteroatoms. The molecule has 1 aromatic rings. The number of likely N-dealkylation sites (tertiary alicyclic amines) is 1. The van der Waals surface area contributed by atoms with E-state index in [4.69, 9.17) is 5.11 Å². The summed E-state index contributed by atoms with van der Waals surface area (Å²) in [6, 6.07) is 10.2. The molecule has 2 aliphatic heterocycles. The summed E-state index contributed by atoms with van der Waals surface area (Å²) in [6.07, 6.45) is 2.23. The molecule has 0 aromatic heterocycles. The summed E-state index contributed by atoms with van der Waals surface area (Å²) in [5.41, 5.74) is -0.0249. The number of piperazine rings is 1. The predicted molar refractivity (Wildman–Crippen MR) is 107 cm³/mol. The lowest BCUT2D eigenvalue weighted by Gasteiger charge is -2.34. The van der Waals surface area contributed by atoms with Crippen LogP contribution in [0.2, 0.25) is 0 Å². The van der Waals surface area contributed by atoms with Crippen LogP contribution in [0.25, 0.3) is 0 Å². The Hall–Kier alpha value is -2.90. The lowest BCUT2D eigenvalue weighted by atomic mass is 9.97. The van der Waals surface area contributed by atoms with Crippen molar-refractivity contribution in [3.05, 3.63) is 42.1 Å². The van der Waals surface area contributed by atoms with Crippen molar-refractivity contribution in [2.45, 2.75) is 17.7 Å². The van der Waals surface area contributed by atoms with Gasteiger partial charge in [-0.3, -0.25) is 9.59 Å². The van der Waals surface area contributed by atoms with E-state index < -0.39 is 27.8 Å². The van der Waals surface area contributed by atoms with Gasteiger partial charge in [-0.2, -0.15) is 9.57 Å². The number of hydrogen-bond donors (Lipinski definition) is 1. The Bertz CT molecular complexity index is 955. The average Bonchev–Trinajstić information content (AvgIpc) is 2.78. The molecule has 30 heavy (non-hydrogen) atoms. The van der Waals surface area contributed by atoms with Gasteiger partial charge in [0.15, 0.2) is 0 Å². The van der Waals surface area contributed by atoms with Crippen LogP contribution in [0.4, 0.5) is 0 Å². The maximum atomic E-state index is 12.7. The van der Waals surface area contributed by atoms with Gasteiger partial charge in [0.2, 0.25) is 10.0 Å². The number of amides is 1. The van der Waals surface area contributed by atoms with Gasteiger partial charge < -0.3 is 14.9 Å². The second-order valence-electron chi connectivity index (χ2n) is 7.31. The predicted octanol–water partition coefficient (Wildman–Crippen LogP) is 0.724. The fraction of sp³-hybridized carbons (Fsp3) is 0.450. The Labute approximate surface area is 175 Å². The van der Waals surface area contributed by atoms with Gasteiger partial charge in [-0.1, -0.05) is 18.2 Å². The zero-order chi connectivity index (χ0) is 21.7. The highest BCUT2D eigenvalue weighted by molar-refractivity contribution is 7.89. The zero-order valence-electron chi connectivity index (χ0n) is 16.5. The molecule has 0 spiro atoms. The fourth-order valence-electron chi connectivity index (χ4n) is 3.63. The molecule has 160 valence electrons. The van der Waals surface area contributed by atoms with Crippen molar-refractivity contribution in [1.29, 1.82) is 5.26 Å². The SMILES string of the molecule is N#C/C(=C/N1CCN(S(=O)(=O)c2ccccc2)CC1)C(=O)N1CCC(C(=O)O)CC1. The molecule has 3 rings (SSSR count). The first-order valence-corrected chi connectivity index (χ1v) is 11.2. The smallest absolute Gasteiger partial charge is 0.306 e. The molecule has 2 aliphatic rings. The number of carbonyl (C=O) groups excluding carboxylic acids is 1. The third-order valence-corrected chi connectivity index (χ3v) is 7.36. The number of carbonyl (C=O) groups is 2. The van der Waals surface area contributed by atoms with Crippen LogP contribution in [0.1, 0.15) is 12.8 Å². The molecule has 1 aromatic carbocycles. The number of carboxylic acids is 1. The number of nitrogens with zero attached hydrogens (tertiary/aromatic N) is 4. The number of piperidine rings is 1. The van der Waals surface area contributed by atoms with Gasteiger partial charge in [0, 0.05) is 45.5 Å². The molecule has 0 unspecified atom stereocenters. The Balaban J connectivity index is 1.60. The van der Waals surface area contributed by atoms with E-state index in [-0.39, 0.29) is 23.6 Å². The maximum absolute atomic E-state index is 12.7. The van der Waals surface area contributed by atoms with Crippen LogP contribution in [-0.4, -0.2) is 78.8 Å². The molecule has 2 saturated heterocycles. The van der Waals surface area contributed by atoms with Crippen LogP contribution < -0.4 is 0 Å². The first-order chi connectivity index (χ1) is 14.3. The summed E-state index contributed by atoms with van der Waals surface area (Å²) in [5, 5.41) is 18.5. The van der Waals surface area contributed by atoms with Crippen molar-refractivity contribution < 1.29 is 23.1 Å². The standard InChI is InChI=1S/C20H24N4O5S/c21-14-17(19(25)23-8-6-16(7-9-23)20(26)27)15-22-10-12-24(13-11-22)30(28,29)18-4-2-1-3-5-18/h1-5,15-16H,6-13H2,(H,26,27)/b17-15-. The molecular weight excluding hydrogens is 408 g/mol. The summed E-state index contributed by atoms with van der Waals surface area (Å²) >= 11 is 0. The molecule has 9 nitrogen and oxygen atoms in total. The van der Waals surface area contributed by atoms with Crippen LogP contribution in [0, 0.1) is 17.2 Å². The maximum Gasteiger partial charge on any atom is 0.306 e.